The summed E-state index contributed by atoms with van der Waals surface area (Å²) in [5, 5.41) is 17.9. The van der Waals surface area contributed by atoms with Crippen molar-refractivity contribution in [3.63, 3.8) is 0 Å². The van der Waals surface area contributed by atoms with Gasteiger partial charge in [0.05, 0.1) is 5.33 Å². The van der Waals surface area contributed by atoms with E-state index >= 15 is 0 Å². The number of aliphatic hydroxyl groups excluding tert-OH is 1. The zero-order valence-electron chi connectivity index (χ0n) is 8.69. The van der Waals surface area contributed by atoms with Crippen LogP contribution in [0.25, 0.3) is 0 Å². The summed E-state index contributed by atoms with van der Waals surface area (Å²) >= 11 is 2.96. The number of Topliss-reactive ketones (excluding diaryl/α,β-unsaturated/α-hetero) is 1. The second-order valence-electron chi connectivity index (χ2n) is 3.44. The van der Waals surface area contributed by atoms with E-state index in [2.05, 4.69) is 15.9 Å². The predicted octanol–water partition coefficient (Wildman–Crippen LogP) is 1.45. The standard InChI is InChI=1S/C11H10BrFO4/c12-5-8(14)3-6-1-2-7(4-9(6)13)10(15)11(16)17/h1-2,4,10,15H,3,5H2,(H,16,17). The SMILES string of the molecule is O=C(CBr)Cc1ccc(C(O)C(=O)O)cc1F. The van der Waals surface area contributed by atoms with Crippen LogP contribution in [0, 0.1) is 5.82 Å². The minimum absolute atomic E-state index is 0.0509. The van der Waals surface area contributed by atoms with Crippen molar-refractivity contribution >= 4 is 27.7 Å². The number of carbonyl (C=O) groups excluding carboxylic acids is 1. The molecule has 0 radical (unpaired) electrons. The number of alkyl halides is 1. The van der Waals surface area contributed by atoms with Gasteiger partial charge in [-0.25, -0.2) is 9.18 Å². The third-order valence-electron chi connectivity index (χ3n) is 2.16. The third kappa shape index (κ3) is 3.61. The lowest BCUT2D eigenvalue weighted by Crippen LogP contribution is -2.12. The second kappa shape index (κ2) is 5.88. The van der Waals surface area contributed by atoms with Gasteiger partial charge in [0.2, 0.25) is 0 Å². The molecule has 2 N–H and O–H groups in total. The van der Waals surface area contributed by atoms with Crippen LogP contribution >= 0.6 is 15.9 Å². The van der Waals surface area contributed by atoms with Crippen molar-refractivity contribution in [1.29, 1.82) is 0 Å². The molecule has 1 rings (SSSR count). The molecule has 92 valence electrons. The van der Waals surface area contributed by atoms with E-state index < -0.39 is 17.9 Å². The van der Waals surface area contributed by atoms with Gasteiger partial charge in [0.25, 0.3) is 0 Å². The van der Waals surface area contributed by atoms with E-state index in [1.54, 1.807) is 0 Å². The summed E-state index contributed by atoms with van der Waals surface area (Å²) in [6.45, 7) is 0. The predicted molar refractivity (Wildman–Crippen MR) is 61.5 cm³/mol. The highest BCUT2D eigenvalue weighted by atomic mass is 79.9. The summed E-state index contributed by atoms with van der Waals surface area (Å²) < 4.78 is 13.5. The molecule has 17 heavy (non-hydrogen) atoms. The summed E-state index contributed by atoms with van der Waals surface area (Å²) in [6.07, 6.45) is -1.83. The third-order valence-corrected chi connectivity index (χ3v) is 2.79. The highest BCUT2D eigenvalue weighted by Crippen LogP contribution is 2.18. The van der Waals surface area contributed by atoms with Crippen molar-refractivity contribution in [2.24, 2.45) is 0 Å². The molecule has 1 aromatic rings. The molecule has 0 saturated heterocycles. The van der Waals surface area contributed by atoms with Gasteiger partial charge in [-0.1, -0.05) is 28.1 Å². The quantitative estimate of drug-likeness (QED) is 0.808. The van der Waals surface area contributed by atoms with Gasteiger partial charge in [-0.15, -0.1) is 0 Å². The van der Waals surface area contributed by atoms with Gasteiger partial charge < -0.3 is 10.2 Å². The Labute approximate surface area is 105 Å². The van der Waals surface area contributed by atoms with E-state index in [1.807, 2.05) is 0 Å². The molecule has 0 aromatic heterocycles. The van der Waals surface area contributed by atoms with Crippen molar-refractivity contribution in [3.05, 3.63) is 35.1 Å². The lowest BCUT2D eigenvalue weighted by atomic mass is 10.0. The van der Waals surface area contributed by atoms with Crippen LogP contribution in [-0.2, 0) is 16.0 Å². The number of rotatable bonds is 5. The normalized spacial score (nSPS) is 12.2. The Morgan fingerprint density at radius 2 is 2.06 bits per heavy atom. The summed E-state index contributed by atoms with van der Waals surface area (Å²) in [5.74, 6) is -2.33. The van der Waals surface area contributed by atoms with Crippen molar-refractivity contribution in [1.82, 2.24) is 0 Å². The minimum Gasteiger partial charge on any atom is -0.479 e. The lowest BCUT2D eigenvalue weighted by Gasteiger charge is -2.08. The molecule has 0 heterocycles. The fourth-order valence-corrected chi connectivity index (χ4v) is 1.48. The van der Waals surface area contributed by atoms with Crippen molar-refractivity contribution in [2.75, 3.05) is 5.33 Å². The summed E-state index contributed by atoms with van der Waals surface area (Å²) in [5.41, 5.74) is 0.126. The number of carbonyl (C=O) groups is 2. The maximum atomic E-state index is 13.5. The van der Waals surface area contributed by atoms with E-state index in [-0.39, 0.29) is 28.7 Å². The number of ketones is 1. The van der Waals surface area contributed by atoms with Crippen LogP contribution < -0.4 is 0 Å². The maximum Gasteiger partial charge on any atom is 0.337 e. The molecule has 1 atom stereocenters. The van der Waals surface area contributed by atoms with Gasteiger partial charge in [0, 0.05) is 6.42 Å². The Balaban J connectivity index is 2.93. The van der Waals surface area contributed by atoms with Gasteiger partial charge in [0.15, 0.2) is 6.10 Å². The number of benzene rings is 1. The fraction of sp³-hybridized carbons (Fsp3) is 0.273. The molecule has 4 nitrogen and oxygen atoms in total. The van der Waals surface area contributed by atoms with Crippen LogP contribution in [0.1, 0.15) is 17.2 Å². The number of hydrogen-bond acceptors (Lipinski definition) is 3. The van der Waals surface area contributed by atoms with Gasteiger partial charge in [0.1, 0.15) is 11.6 Å². The van der Waals surface area contributed by atoms with Crippen LogP contribution in [0.4, 0.5) is 4.39 Å². The number of carboxylic acids is 1. The topological polar surface area (TPSA) is 74.6 Å². The summed E-state index contributed by atoms with van der Waals surface area (Å²) in [4.78, 5) is 21.6. The average molecular weight is 305 g/mol. The Kier molecular flexibility index (Phi) is 4.77. The van der Waals surface area contributed by atoms with Crippen LogP contribution in [0.2, 0.25) is 0 Å². The maximum absolute atomic E-state index is 13.5. The zero-order valence-corrected chi connectivity index (χ0v) is 10.3. The Morgan fingerprint density at radius 3 is 2.53 bits per heavy atom. The summed E-state index contributed by atoms with van der Waals surface area (Å²) in [6, 6.07) is 3.52. The Bertz CT molecular complexity index is 447. The van der Waals surface area contributed by atoms with Crippen LogP contribution in [0.15, 0.2) is 18.2 Å². The van der Waals surface area contributed by atoms with Crippen molar-refractivity contribution in [2.45, 2.75) is 12.5 Å². The highest BCUT2D eigenvalue weighted by Gasteiger charge is 2.17. The second-order valence-corrected chi connectivity index (χ2v) is 4.00. The zero-order chi connectivity index (χ0) is 13.0. The largest absolute Gasteiger partial charge is 0.479 e. The molecular formula is C11H10BrFO4. The smallest absolute Gasteiger partial charge is 0.337 e. The Morgan fingerprint density at radius 1 is 1.41 bits per heavy atom. The molecule has 0 amide bonds. The summed E-state index contributed by atoms with van der Waals surface area (Å²) in [7, 11) is 0. The molecule has 0 aliphatic heterocycles. The molecule has 1 aromatic carbocycles. The monoisotopic (exact) mass is 304 g/mol. The van der Waals surface area contributed by atoms with Gasteiger partial charge >= 0.3 is 5.97 Å². The van der Waals surface area contributed by atoms with E-state index in [4.69, 9.17) is 5.11 Å². The molecule has 0 saturated carbocycles. The van der Waals surface area contributed by atoms with Crippen molar-refractivity contribution in [3.8, 4) is 0 Å². The van der Waals surface area contributed by atoms with E-state index in [0.29, 0.717) is 0 Å². The van der Waals surface area contributed by atoms with E-state index in [9.17, 15) is 19.1 Å². The van der Waals surface area contributed by atoms with Crippen LogP contribution in [-0.4, -0.2) is 27.3 Å². The number of carboxylic acid groups (broad SMARTS) is 1. The van der Waals surface area contributed by atoms with Gasteiger partial charge in [-0.05, 0) is 17.2 Å². The molecular weight excluding hydrogens is 295 g/mol. The van der Waals surface area contributed by atoms with Crippen LogP contribution in [0.5, 0.6) is 0 Å². The first-order valence-corrected chi connectivity index (χ1v) is 5.84. The Hall–Kier alpha value is -1.27. The first kappa shape index (κ1) is 13.8. The van der Waals surface area contributed by atoms with E-state index in [0.717, 1.165) is 6.07 Å². The molecule has 0 aliphatic rings. The van der Waals surface area contributed by atoms with Gasteiger partial charge in [-0.2, -0.15) is 0 Å². The first-order chi connectivity index (χ1) is 7.95. The number of hydrogen-bond donors (Lipinski definition) is 2. The molecule has 0 fully saturated rings. The molecule has 1 unspecified atom stereocenters. The van der Waals surface area contributed by atoms with Crippen molar-refractivity contribution < 1.29 is 24.2 Å². The highest BCUT2D eigenvalue weighted by molar-refractivity contribution is 9.09. The van der Waals surface area contributed by atoms with Crippen LogP contribution in [0.3, 0.4) is 0 Å². The minimum atomic E-state index is -1.76. The molecule has 0 aliphatic carbocycles. The number of aliphatic carboxylic acids is 1. The number of halogens is 2. The lowest BCUT2D eigenvalue weighted by molar-refractivity contribution is -0.147. The first-order valence-electron chi connectivity index (χ1n) is 4.72. The molecule has 0 bridgehead atoms. The van der Waals surface area contributed by atoms with E-state index in [1.165, 1.54) is 12.1 Å². The fourth-order valence-electron chi connectivity index (χ4n) is 1.28. The van der Waals surface area contributed by atoms with Gasteiger partial charge in [-0.3, -0.25) is 4.79 Å². The molecule has 6 heteroatoms. The average Bonchev–Trinajstić information content (AvgIpc) is 2.30. The number of aliphatic hydroxyl groups is 1. The molecule has 0 spiro atoms.